The van der Waals surface area contributed by atoms with Crippen molar-refractivity contribution < 1.29 is 24.5 Å². The van der Waals surface area contributed by atoms with Crippen LogP contribution in [0.25, 0.3) is 5.76 Å². The maximum atomic E-state index is 13.2. The molecule has 160 valence electrons. The molecule has 1 unspecified atom stereocenters. The molecular weight excluding hydrogens is 408 g/mol. The predicted octanol–water partition coefficient (Wildman–Crippen LogP) is 3.74. The van der Waals surface area contributed by atoms with Crippen LogP contribution < -0.4 is 9.64 Å². The zero-order chi connectivity index (χ0) is 22.2. The highest BCUT2D eigenvalue weighted by molar-refractivity contribution is 6.51. The topological polar surface area (TPSA) is 100.0 Å². The summed E-state index contributed by atoms with van der Waals surface area (Å²) in [5, 5.41) is 21.6. The van der Waals surface area contributed by atoms with Crippen molar-refractivity contribution in [3.8, 4) is 11.5 Å². The summed E-state index contributed by atoms with van der Waals surface area (Å²) in [6.45, 7) is 0.645. The number of ether oxygens (including phenoxy) is 1. The molecule has 5 rings (SSSR count). The van der Waals surface area contributed by atoms with Crippen LogP contribution in [-0.2, 0) is 16.0 Å². The number of anilines is 1. The number of carbonyl (C=O) groups is 2. The fourth-order valence-electron chi connectivity index (χ4n) is 4.27. The standard InChI is InChI=1S/C25H20N2O5/c28-19-6-2-1-5-18(19)27-22(15-9-11-26-12-10-15)21(24(30)25(27)31)23(29)17-7-8-20-16(14-17)4-3-13-32-20/h1-2,5-12,14,22,28-29H,3-4,13H2/b23-21-. The number of rotatable bonds is 3. The Kier molecular flexibility index (Phi) is 4.86. The largest absolute Gasteiger partial charge is 0.507 e. The first-order chi connectivity index (χ1) is 15.6. The Morgan fingerprint density at radius 3 is 2.62 bits per heavy atom. The zero-order valence-corrected chi connectivity index (χ0v) is 17.1. The number of benzene rings is 2. The average molecular weight is 428 g/mol. The number of aryl methyl sites for hydroxylation is 1. The molecule has 2 aliphatic heterocycles. The summed E-state index contributed by atoms with van der Waals surface area (Å²) >= 11 is 0. The van der Waals surface area contributed by atoms with Gasteiger partial charge in [0.1, 0.15) is 17.3 Å². The molecule has 0 aliphatic carbocycles. The Balaban J connectivity index is 1.70. The molecule has 3 aromatic rings. The summed E-state index contributed by atoms with van der Waals surface area (Å²) in [6.07, 6.45) is 4.77. The van der Waals surface area contributed by atoms with Gasteiger partial charge < -0.3 is 14.9 Å². The van der Waals surface area contributed by atoms with Crippen LogP contribution in [0.15, 0.2) is 72.6 Å². The summed E-state index contributed by atoms with van der Waals surface area (Å²) in [7, 11) is 0. The third-order valence-corrected chi connectivity index (χ3v) is 5.79. The Labute approximate surface area is 184 Å². The number of aromatic hydroxyl groups is 1. The van der Waals surface area contributed by atoms with Crippen molar-refractivity contribution in [2.45, 2.75) is 18.9 Å². The summed E-state index contributed by atoms with van der Waals surface area (Å²) in [6, 6.07) is 14.0. The van der Waals surface area contributed by atoms with Crippen LogP contribution in [0.2, 0.25) is 0 Å². The van der Waals surface area contributed by atoms with E-state index in [2.05, 4.69) is 4.98 Å². The van der Waals surface area contributed by atoms with Crippen LogP contribution in [0.5, 0.6) is 11.5 Å². The van der Waals surface area contributed by atoms with Crippen molar-refractivity contribution in [1.82, 2.24) is 4.98 Å². The third kappa shape index (κ3) is 3.19. The number of para-hydroxylation sites is 2. The first-order valence-corrected chi connectivity index (χ1v) is 10.3. The maximum absolute atomic E-state index is 13.2. The predicted molar refractivity (Wildman–Crippen MR) is 117 cm³/mol. The number of amides is 1. The van der Waals surface area contributed by atoms with E-state index in [1.165, 1.54) is 11.0 Å². The van der Waals surface area contributed by atoms with Crippen molar-refractivity contribution >= 4 is 23.1 Å². The lowest BCUT2D eigenvalue weighted by Crippen LogP contribution is -2.29. The SMILES string of the molecule is O=C1C(=O)N(c2ccccc2O)C(c2ccncc2)/C1=C(/O)c1ccc2c(c1)CCCO2. The number of phenolic OH excluding ortho intramolecular Hbond substituents is 1. The molecule has 0 spiro atoms. The number of hydrogen-bond acceptors (Lipinski definition) is 6. The van der Waals surface area contributed by atoms with E-state index in [1.807, 2.05) is 0 Å². The molecule has 2 N–H and O–H groups in total. The van der Waals surface area contributed by atoms with Gasteiger partial charge in [-0.1, -0.05) is 12.1 Å². The highest BCUT2D eigenvalue weighted by Crippen LogP contribution is 2.44. The molecule has 0 saturated carbocycles. The van der Waals surface area contributed by atoms with E-state index >= 15 is 0 Å². The monoisotopic (exact) mass is 428 g/mol. The van der Waals surface area contributed by atoms with E-state index in [-0.39, 0.29) is 22.8 Å². The number of hydrogen-bond donors (Lipinski definition) is 2. The number of fused-ring (bicyclic) bond motifs is 1. The minimum absolute atomic E-state index is 0.0406. The molecule has 1 fully saturated rings. The first kappa shape index (κ1) is 19.8. The summed E-state index contributed by atoms with van der Waals surface area (Å²) < 4.78 is 5.64. The second kappa shape index (κ2) is 7.85. The molecule has 3 heterocycles. The maximum Gasteiger partial charge on any atom is 0.300 e. The fourth-order valence-corrected chi connectivity index (χ4v) is 4.27. The van der Waals surface area contributed by atoms with Crippen molar-refractivity contribution in [2.24, 2.45) is 0 Å². The molecule has 1 aromatic heterocycles. The Hall–Kier alpha value is -4.13. The van der Waals surface area contributed by atoms with Crippen LogP contribution in [0.1, 0.15) is 29.2 Å². The Morgan fingerprint density at radius 2 is 1.84 bits per heavy atom. The molecular formula is C25H20N2O5. The second-order valence-electron chi connectivity index (χ2n) is 7.71. The van der Waals surface area contributed by atoms with Crippen LogP contribution in [0.3, 0.4) is 0 Å². The van der Waals surface area contributed by atoms with Crippen molar-refractivity contribution in [1.29, 1.82) is 0 Å². The smallest absolute Gasteiger partial charge is 0.300 e. The van der Waals surface area contributed by atoms with Gasteiger partial charge in [-0.05, 0) is 66.4 Å². The lowest BCUT2D eigenvalue weighted by atomic mass is 9.94. The number of aliphatic hydroxyl groups is 1. The van der Waals surface area contributed by atoms with Crippen LogP contribution >= 0.6 is 0 Å². The molecule has 7 nitrogen and oxygen atoms in total. The molecule has 1 saturated heterocycles. The molecule has 1 amide bonds. The van der Waals surface area contributed by atoms with Gasteiger partial charge in [-0.2, -0.15) is 0 Å². The van der Waals surface area contributed by atoms with Crippen LogP contribution in [0, 0.1) is 0 Å². The molecule has 0 radical (unpaired) electrons. The second-order valence-corrected chi connectivity index (χ2v) is 7.71. The van der Waals surface area contributed by atoms with E-state index in [1.54, 1.807) is 60.9 Å². The van der Waals surface area contributed by atoms with E-state index in [0.717, 1.165) is 24.2 Å². The number of Topliss-reactive ketones (excluding diaryl/α,β-unsaturated/α-hetero) is 1. The number of carbonyl (C=O) groups excluding carboxylic acids is 2. The van der Waals surface area contributed by atoms with Gasteiger partial charge in [0.05, 0.1) is 23.9 Å². The molecule has 2 aliphatic rings. The van der Waals surface area contributed by atoms with Crippen molar-refractivity contribution in [3.63, 3.8) is 0 Å². The molecule has 32 heavy (non-hydrogen) atoms. The fraction of sp³-hybridized carbons (Fsp3) is 0.160. The number of nitrogens with zero attached hydrogens (tertiary/aromatic N) is 2. The zero-order valence-electron chi connectivity index (χ0n) is 17.1. The highest BCUT2D eigenvalue weighted by Gasteiger charge is 2.47. The van der Waals surface area contributed by atoms with Gasteiger partial charge in [0.15, 0.2) is 0 Å². The molecule has 0 bridgehead atoms. The van der Waals surface area contributed by atoms with E-state index in [4.69, 9.17) is 4.74 Å². The lowest BCUT2D eigenvalue weighted by Gasteiger charge is -2.26. The van der Waals surface area contributed by atoms with Gasteiger partial charge in [-0.15, -0.1) is 0 Å². The van der Waals surface area contributed by atoms with Gasteiger partial charge in [0.2, 0.25) is 0 Å². The van der Waals surface area contributed by atoms with E-state index in [9.17, 15) is 19.8 Å². The van der Waals surface area contributed by atoms with Gasteiger partial charge in [-0.3, -0.25) is 19.5 Å². The van der Waals surface area contributed by atoms with Gasteiger partial charge >= 0.3 is 0 Å². The van der Waals surface area contributed by atoms with Gasteiger partial charge in [0, 0.05) is 18.0 Å². The van der Waals surface area contributed by atoms with E-state index < -0.39 is 17.7 Å². The number of ketones is 1. The number of aromatic nitrogens is 1. The summed E-state index contributed by atoms with van der Waals surface area (Å²) in [4.78, 5) is 31.5. The van der Waals surface area contributed by atoms with Gasteiger partial charge in [-0.25, -0.2) is 0 Å². The summed E-state index contributed by atoms with van der Waals surface area (Å²) in [5.74, 6) is -1.29. The highest BCUT2D eigenvalue weighted by atomic mass is 16.5. The van der Waals surface area contributed by atoms with E-state index in [0.29, 0.717) is 17.7 Å². The molecule has 7 heteroatoms. The number of pyridine rings is 1. The molecule has 1 atom stereocenters. The summed E-state index contributed by atoms with van der Waals surface area (Å²) in [5.41, 5.74) is 2.11. The number of aliphatic hydroxyl groups excluding tert-OH is 1. The van der Waals surface area contributed by atoms with Crippen molar-refractivity contribution in [3.05, 3.63) is 89.3 Å². The van der Waals surface area contributed by atoms with Crippen molar-refractivity contribution in [2.75, 3.05) is 11.5 Å². The minimum Gasteiger partial charge on any atom is -0.507 e. The lowest BCUT2D eigenvalue weighted by molar-refractivity contribution is -0.132. The Morgan fingerprint density at radius 1 is 1.06 bits per heavy atom. The van der Waals surface area contributed by atoms with Gasteiger partial charge in [0.25, 0.3) is 11.7 Å². The minimum atomic E-state index is -0.918. The van der Waals surface area contributed by atoms with Crippen LogP contribution in [0.4, 0.5) is 5.69 Å². The van der Waals surface area contributed by atoms with Crippen LogP contribution in [-0.4, -0.2) is 33.5 Å². The third-order valence-electron chi connectivity index (χ3n) is 5.79. The first-order valence-electron chi connectivity index (χ1n) is 10.3. The normalized spacial score (nSPS) is 19.5. The number of phenols is 1. The molecule has 2 aromatic carbocycles. The average Bonchev–Trinajstić information content (AvgIpc) is 3.09. The Bertz CT molecular complexity index is 1250. The quantitative estimate of drug-likeness (QED) is 0.375.